The second-order valence-corrected chi connectivity index (χ2v) is 4.69. The Morgan fingerprint density at radius 3 is 1.53 bits per heavy atom. The summed E-state index contributed by atoms with van der Waals surface area (Å²) in [6.45, 7) is 0. The third-order valence-electron chi connectivity index (χ3n) is 1.49. The molecule has 0 spiro atoms. The van der Waals surface area contributed by atoms with E-state index in [0.717, 1.165) is 0 Å². The minimum atomic E-state index is -1.23. The van der Waals surface area contributed by atoms with Crippen LogP contribution in [-0.2, 0) is 0 Å². The predicted molar refractivity (Wildman–Crippen MR) is 58.4 cm³/mol. The van der Waals surface area contributed by atoms with Crippen molar-refractivity contribution < 1.29 is 14.0 Å². The standard InChI is InChI=1S/C8H4Cl4O3/c9-7(10)5(13)3-1-2-4(15-3)6(14)8(11)12/h1-2,7-8H. The van der Waals surface area contributed by atoms with E-state index in [4.69, 9.17) is 50.8 Å². The molecule has 0 radical (unpaired) electrons. The van der Waals surface area contributed by atoms with Crippen molar-refractivity contribution in [1.82, 2.24) is 0 Å². The van der Waals surface area contributed by atoms with Crippen LogP contribution in [0.3, 0.4) is 0 Å². The summed E-state index contributed by atoms with van der Waals surface area (Å²) >= 11 is 21.3. The van der Waals surface area contributed by atoms with Gasteiger partial charge in [0.2, 0.25) is 11.6 Å². The monoisotopic (exact) mass is 288 g/mol. The van der Waals surface area contributed by atoms with Gasteiger partial charge in [0.15, 0.2) is 21.2 Å². The first-order chi connectivity index (χ1) is 6.93. The maximum absolute atomic E-state index is 11.2. The summed E-state index contributed by atoms with van der Waals surface area (Å²) < 4.78 is 4.89. The van der Waals surface area contributed by atoms with Crippen LogP contribution in [0.2, 0.25) is 0 Å². The van der Waals surface area contributed by atoms with Crippen molar-refractivity contribution in [2.24, 2.45) is 0 Å². The lowest BCUT2D eigenvalue weighted by molar-refractivity contribution is 0.0957. The van der Waals surface area contributed by atoms with Crippen molar-refractivity contribution in [2.75, 3.05) is 0 Å². The van der Waals surface area contributed by atoms with Crippen LogP contribution in [0.15, 0.2) is 16.5 Å². The number of alkyl halides is 4. The summed E-state index contributed by atoms with van der Waals surface area (Å²) in [5, 5.41) is 0. The number of carbonyl (C=O) groups excluding carboxylic acids is 2. The molecule has 0 saturated carbocycles. The highest BCUT2D eigenvalue weighted by atomic mass is 35.5. The molecule has 82 valence electrons. The van der Waals surface area contributed by atoms with E-state index in [1.165, 1.54) is 12.1 Å². The van der Waals surface area contributed by atoms with Gasteiger partial charge in [0.1, 0.15) is 0 Å². The Balaban J connectivity index is 2.90. The Bertz CT molecular complexity index is 348. The van der Waals surface area contributed by atoms with E-state index in [9.17, 15) is 9.59 Å². The lowest BCUT2D eigenvalue weighted by Crippen LogP contribution is -2.08. The first-order valence-corrected chi connectivity index (χ1v) is 5.42. The molecule has 0 fully saturated rings. The van der Waals surface area contributed by atoms with Crippen LogP contribution in [0.5, 0.6) is 0 Å². The zero-order valence-electron chi connectivity index (χ0n) is 7.05. The normalized spacial score (nSPS) is 11.1. The number of Topliss-reactive ketones (excluding diaryl/α,β-unsaturated/α-hetero) is 2. The van der Waals surface area contributed by atoms with E-state index in [1.54, 1.807) is 0 Å². The minimum Gasteiger partial charge on any atom is -0.450 e. The maximum Gasteiger partial charge on any atom is 0.230 e. The number of hydrogen-bond donors (Lipinski definition) is 0. The zero-order chi connectivity index (χ0) is 11.6. The quantitative estimate of drug-likeness (QED) is 0.631. The van der Waals surface area contributed by atoms with E-state index in [0.29, 0.717) is 0 Å². The van der Waals surface area contributed by atoms with E-state index in [2.05, 4.69) is 0 Å². The average Bonchev–Trinajstić information content (AvgIpc) is 2.63. The summed E-state index contributed by atoms with van der Waals surface area (Å²) in [6, 6.07) is 2.56. The van der Waals surface area contributed by atoms with Crippen LogP contribution < -0.4 is 0 Å². The van der Waals surface area contributed by atoms with Gasteiger partial charge in [-0.05, 0) is 12.1 Å². The summed E-state index contributed by atoms with van der Waals surface area (Å²) in [6.07, 6.45) is 0. The van der Waals surface area contributed by atoms with Crippen molar-refractivity contribution in [1.29, 1.82) is 0 Å². The Morgan fingerprint density at radius 1 is 0.933 bits per heavy atom. The van der Waals surface area contributed by atoms with Crippen molar-refractivity contribution in [2.45, 2.75) is 9.67 Å². The van der Waals surface area contributed by atoms with Gasteiger partial charge in [-0.2, -0.15) is 0 Å². The molecule has 0 aliphatic heterocycles. The van der Waals surface area contributed by atoms with E-state index < -0.39 is 21.2 Å². The van der Waals surface area contributed by atoms with Crippen LogP contribution in [0.25, 0.3) is 0 Å². The van der Waals surface area contributed by atoms with Gasteiger partial charge in [0.05, 0.1) is 0 Å². The van der Waals surface area contributed by atoms with Gasteiger partial charge in [-0.25, -0.2) is 0 Å². The van der Waals surface area contributed by atoms with E-state index in [1.807, 2.05) is 0 Å². The summed E-state index contributed by atoms with van der Waals surface area (Å²) in [5.41, 5.74) is 0. The first-order valence-electron chi connectivity index (χ1n) is 3.68. The molecule has 0 bridgehead atoms. The van der Waals surface area contributed by atoms with Crippen molar-refractivity contribution in [3.63, 3.8) is 0 Å². The number of furan rings is 1. The molecule has 0 amide bonds. The molecule has 1 aromatic rings. The largest absolute Gasteiger partial charge is 0.450 e. The Hall–Kier alpha value is -0.220. The number of rotatable bonds is 4. The molecular weight excluding hydrogens is 286 g/mol. The Kier molecular flexibility index (Phi) is 4.46. The highest BCUT2D eigenvalue weighted by Gasteiger charge is 2.22. The fourth-order valence-corrected chi connectivity index (χ4v) is 1.25. The van der Waals surface area contributed by atoms with Crippen LogP contribution in [0.1, 0.15) is 21.1 Å². The second-order valence-electron chi connectivity index (χ2n) is 2.49. The highest BCUT2D eigenvalue weighted by molar-refractivity contribution is 6.56. The van der Waals surface area contributed by atoms with Crippen molar-refractivity contribution >= 4 is 58.0 Å². The Labute approximate surface area is 105 Å². The number of halogens is 4. The molecule has 3 nitrogen and oxygen atoms in total. The molecular formula is C8H4Cl4O3. The molecule has 0 aliphatic carbocycles. The molecule has 1 heterocycles. The first kappa shape index (κ1) is 12.8. The lowest BCUT2D eigenvalue weighted by Gasteiger charge is -1.97. The number of ketones is 2. The molecule has 0 unspecified atom stereocenters. The molecule has 1 aromatic heterocycles. The van der Waals surface area contributed by atoms with E-state index in [-0.39, 0.29) is 11.5 Å². The van der Waals surface area contributed by atoms with Crippen LogP contribution in [0.4, 0.5) is 0 Å². The maximum atomic E-state index is 11.2. The summed E-state index contributed by atoms with van der Waals surface area (Å²) in [7, 11) is 0. The fourth-order valence-electron chi connectivity index (χ4n) is 0.818. The average molecular weight is 290 g/mol. The second kappa shape index (κ2) is 5.21. The van der Waals surface area contributed by atoms with Gasteiger partial charge in [-0.3, -0.25) is 9.59 Å². The molecule has 0 atom stereocenters. The molecule has 1 rings (SSSR count). The molecule has 0 N–H and O–H groups in total. The molecule has 15 heavy (non-hydrogen) atoms. The van der Waals surface area contributed by atoms with Crippen LogP contribution >= 0.6 is 46.4 Å². The zero-order valence-corrected chi connectivity index (χ0v) is 10.1. The van der Waals surface area contributed by atoms with Gasteiger partial charge >= 0.3 is 0 Å². The lowest BCUT2D eigenvalue weighted by atomic mass is 10.3. The van der Waals surface area contributed by atoms with Gasteiger partial charge in [-0.1, -0.05) is 46.4 Å². The Morgan fingerprint density at radius 2 is 1.27 bits per heavy atom. The molecule has 0 aliphatic rings. The predicted octanol–water partition coefficient (Wildman–Crippen LogP) is 3.25. The summed E-state index contributed by atoms with van der Waals surface area (Å²) in [5.74, 6) is -1.47. The smallest absolute Gasteiger partial charge is 0.230 e. The molecule has 0 saturated heterocycles. The van der Waals surface area contributed by atoms with Crippen LogP contribution in [-0.4, -0.2) is 21.2 Å². The fraction of sp³-hybridized carbons (Fsp3) is 0.250. The SMILES string of the molecule is O=C(c1ccc(C(=O)C(Cl)Cl)o1)C(Cl)Cl. The van der Waals surface area contributed by atoms with Crippen molar-refractivity contribution in [3.05, 3.63) is 23.7 Å². The molecule has 7 heteroatoms. The van der Waals surface area contributed by atoms with Gasteiger partial charge in [0.25, 0.3) is 0 Å². The van der Waals surface area contributed by atoms with Gasteiger partial charge < -0.3 is 4.42 Å². The number of hydrogen-bond acceptors (Lipinski definition) is 3. The topological polar surface area (TPSA) is 47.3 Å². The molecule has 0 aromatic carbocycles. The van der Waals surface area contributed by atoms with E-state index >= 15 is 0 Å². The van der Waals surface area contributed by atoms with Gasteiger partial charge in [0, 0.05) is 0 Å². The third kappa shape index (κ3) is 3.11. The van der Waals surface area contributed by atoms with Crippen LogP contribution in [0, 0.1) is 0 Å². The van der Waals surface area contributed by atoms with Gasteiger partial charge in [-0.15, -0.1) is 0 Å². The number of carbonyl (C=O) groups is 2. The summed E-state index contributed by atoms with van der Waals surface area (Å²) in [4.78, 5) is 20.0. The highest BCUT2D eigenvalue weighted by Crippen LogP contribution is 2.18. The minimum absolute atomic E-state index is 0.109. The third-order valence-corrected chi connectivity index (χ3v) is 2.28. The van der Waals surface area contributed by atoms with Crippen molar-refractivity contribution in [3.8, 4) is 0 Å².